The van der Waals surface area contributed by atoms with Crippen LogP contribution < -0.4 is 5.32 Å². The molecule has 0 saturated carbocycles. The van der Waals surface area contributed by atoms with Crippen molar-refractivity contribution in [1.29, 1.82) is 5.26 Å². The van der Waals surface area contributed by atoms with Crippen molar-refractivity contribution in [2.24, 2.45) is 0 Å². The first-order chi connectivity index (χ1) is 9.70. The second-order valence-electron chi connectivity index (χ2n) is 5.02. The van der Waals surface area contributed by atoms with E-state index in [1.54, 1.807) is 4.90 Å². The molecule has 0 aromatic heterocycles. The molecule has 21 heavy (non-hydrogen) atoms. The second kappa shape index (κ2) is 8.50. The molecule has 1 N–H and O–H groups in total. The van der Waals surface area contributed by atoms with Crippen molar-refractivity contribution in [3.05, 3.63) is 35.9 Å². The number of ether oxygens (including phenoxy) is 1. The SMILES string of the molecule is CC1CN(C(=O)OCc2ccccc2)C(CC#N)CN1.Cl. The lowest BCUT2D eigenvalue weighted by Crippen LogP contribution is -2.57. The van der Waals surface area contributed by atoms with Gasteiger partial charge in [0.05, 0.1) is 18.5 Å². The quantitative estimate of drug-likeness (QED) is 0.930. The minimum Gasteiger partial charge on any atom is -0.445 e. The number of carbonyl (C=O) groups excluding carboxylic acids is 1. The first-order valence-electron chi connectivity index (χ1n) is 6.78. The molecule has 0 spiro atoms. The highest BCUT2D eigenvalue weighted by molar-refractivity contribution is 5.85. The van der Waals surface area contributed by atoms with Crippen LogP contribution in [0.25, 0.3) is 0 Å². The Hall–Kier alpha value is -1.77. The van der Waals surface area contributed by atoms with E-state index in [2.05, 4.69) is 11.4 Å². The molecular formula is C15H20ClN3O2. The van der Waals surface area contributed by atoms with Gasteiger partial charge in [0.1, 0.15) is 6.61 Å². The molecule has 1 saturated heterocycles. The van der Waals surface area contributed by atoms with Crippen LogP contribution in [-0.2, 0) is 11.3 Å². The number of benzene rings is 1. The Bertz CT molecular complexity index is 489. The van der Waals surface area contributed by atoms with E-state index in [4.69, 9.17) is 10.00 Å². The first kappa shape index (κ1) is 17.3. The standard InChI is InChI=1S/C15H19N3O2.ClH/c1-12-10-18(14(7-8-16)9-17-12)15(19)20-11-13-5-3-2-4-6-13;/h2-6,12,14,17H,7,9-11H2,1H3;1H. The summed E-state index contributed by atoms with van der Waals surface area (Å²) in [4.78, 5) is 13.8. The molecule has 0 aliphatic carbocycles. The summed E-state index contributed by atoms with van der Waals surface area (Å²) in [6.45, 7) is 3.48. The predicted octanol–water partition coefficient (Wildman–Crippen LogP) is 2.32. The van der Waals surface area contributed by atoms with Gasteiger partial charge in [-0.15, -0.1) is 12.4 Å². The topological polar surface area (TPSA) is 65.4 Å². The van der Waals surface area contributed by atoms with E-state index in [0.29, 0.717) is 19.5 Å². The first-order valence-corrected chi connectivity index (χ1v) is 6.78. The van der Waals surface area contributed by atoms with Gasteiger partial charge in [0.15, 0.2) is 0 Å². The van der Waals surface area contributed by atoms with Crippen molar-refractivity contribution in [2.45, 2.75) is 32.0 Å². The molecule has 1 heterocycles. The summed E-state index contributed by atoms with van der Waals surface area (Å²) < 4.78 is 5.34. The fraction of sp³-hybridized carbons (Fsp3) is 0.467. The summed E-state index contributed by atoms with van der Waals surface area (Å²) in [6, 6.07) is 11.8. The molecule has 1 aromatic carbocycles. The Balaban J connectivity index is 0.00000220. The zero-order chi connectivity index (χ0) is 14.4. The van der Waals surface area contributed by atoms with Gasteiger partial charge in [0.2, 0.25) is 0 Å². The number of halogens is 1. The molecule has 5 nitrogen and oxygen atoms in total. The zero-order valence-corrected chi connectivity index (χ0v) is 12.8. The van der Waals surface area contributed by atoms with Crippen LogP contribution >= 0.6 is 12.4 Å². The van der Waals surface area contributed by atoms with E-state index >= 15 is 0 Å². The molecule has 1 aliphatic heterocycles. The maximum absolute atomic E-state index is 12.2. The lowest BCUT2D eigenvalue weighted by atomic mass is 10.1. The molecule has 1 amide bonds. The molecule has 1 fully saturated rings. The minimum atomic E-state index is -0.345. The van der Waals surface area contributed by atoms with E-state index < -0.39 is 0 Å². The van der Waals surface area contributed by atoms with Crippen LogP contribution in [0, 0.1) is 11.3 Å². The Morgan fingerprint density at radius 1 is 1.48 bits per heavy atom. The van der Waals surface area contributed by atoms with Gasteiger partial charge in [-0.2, -0.15) is 5.26 Å². The summed E-state index contributed by atoms with van der Waals surface area (Å²) in [7, 11) is 0. The largest absolute Gasteiger partial charge is 0.445 e. The Morgan fingerprint density at radius 2 is 2.19 bits per heavy atom. The fourth-order valence-corrected chi connectivity index (χ4v) is 2.27. The number of hydrogen-bond donors (Lipinski definition) is 1. The van der Waals surface area contributed by atoms with E-state index in [0.717, 1.165) is 5.56 Å². The van der Waals surface area contributed by atoms with Crippen molar-refractivity contribution in [3.8, 4) is 6.07 Å². The van der Waals surface area contributed by atoms with E-state index in [1.807, 2.05) is 37.3 Å². The number of piperazine rings is 1. The van der Waals surface area contributed by atoms with Crippen LogP contribution in [0.1, 0.15) is 18.9 Å². The van der Waals surface area contributed by atoms with Crippen LogP contribution in [0.4, 0.5) is 4.79 Å². The lowest BCUT2D eigenvalue weighted by molar-refractivity contribution is 0.0656. The summed E-state index contributed by atoms with van der Waals surface area (Å²) in [5.74, 6) is 0. The van der Waals surface area contributed by atoms with Gasteiger partial charge in [-0.25, -0.2) is 4.79 Å². The fourth-order valence-electron chi connectivity index (χ4n) is 2.27. The van der Waals surface area contributed by atoms with Crippen LogP contribution in [0.5, 0.6) is 0 Å². The molecule has 6 heteroatoms. The monoisotopic (exact) mass is 309 g/mol. The van der Waals surface area contributed by atoms with Gasteiger partial charge in [0, 0.05) is 19.1 Å². The van der Waals surface area contributed by atoms with E-state index in [-0.39, 0.29) is 37.2 Å². The van der Waals surface area contributed by atoms with Gasteiger partial charge in [-0.1, -0.05) is 30.3 Å². The molecule has 0 bridgehead atoms. The Kier molecular flexibility index (Phi) is 7.00. The van der Waals surface area contributed by atoms with Crippen LogP contribution in [0.2, 0.25) is 0 Å². The number of nitriles is 1. The van der Waals surface area contributed by atoms with Crippen molar-refractivity contribution >= 4 is 18.5 Å². The Labute approximate surface area is 131 Å². The molecule has 2 rings (SSSR count). The molecule has 0 radical (unpaired) electrons. The Morgan fingerprint density at radius 3 is 2.86 bits per heavy atom. The second-order valence-corrected chi connectivity index (χ2v) is 5.02. The van der Waals surface area contributed by atoms with Crippen molar-refractivity contribution in [2.75, 3.05) is 13.1 Å². The van der Waals surface area contributed by atoms with Crippen molar-refractivity contribution < 1.29 is 9.53 Å². The molecular weight excluding hydrogens is 290 g/mol. The van der Waals surface area contributed by atoms with Gasteiger partial charge in [-0.05, 0) is 12.5 Å². The summed E-state index contributed by atoms with van der Waals surface area (Å²) in [6.07, 6.45) is -0.0254. The van der Waals surface area contributed by atoms with Gasteiger partial charge in [0.25, 0.3) is 0 Å². The smallest absolute Gasteiger partial charge is 0.410 e. The molecule has 1 aliphatic rings. The molecule has 2 unspecified atom stereocenters. The summed E-state index contributed by atoms with van der Waals surface area (Å²) in [5, 5.41) is 12.1. The minimum absolute atomic E-state index is 0. The van der Waals surface area contributed by atoms with Crippen molar-refractivity contribution in [3.63, 3.8) is 0 Å². The third kappa shape index (κ3) is 4.92. The number of hydrogen-bond acceptors (Lipinski definition) is 4. The number of nitrogens with one attached hydrogen (secondary N) is 1. The average molecular weight is 310 g/mol. The number of rotatable bonds is 3. The highest BCUT2D eigenvalue weighted by Crippen LogP contribution is 2.13. The van der Waals surface area contributed by atoms with Gasteiger partial charge in [-0.3, -0.25) is 0 Å². The third-order valence-electron chi connectivity index (χ3n) is 3.38. The number of nitrogens with zero attached hydrogens (tertiary/aromatic N) is 2. The van der Waals surface area contributed by atoms with Crippen LogP contribution in [0.3, 0.4) is 0 Å². The van der Waals surface area contributed by atoms with Crippen LogP contribution in [-0.4, -0.2) is 36.2 Å². The number of carbonyl (C=O) groups is 1. The lowest BCUT2D eigenvalue weighted by Gasteiger charge is -2.37. The van der Waals surface area contributed by atoms with E-state index in [9.17, 15) is 4.79 Å². The number of amides is 1. The maximum Gasteiger partial charge on any atom is 0.410 e. The highest BCUT2D eigenvalue weighted by atomic mass is 35.5. The zero-order valence-electron chi connectivity index (χ0n) is 12.0. The summed E-state index contributed by atoms with van der Waals surface area (Å²) in [5.41, 5.74) is 0.959. The highest BCUT2D eigenvalue weighted by Gasteiger charge is 2.30. The normalized spacial score (nSPS) is 21.0. The van der Waals surface area contributed by atoms with Crippen molar-refractivity contribution in [1.82, 2.24) is 10.2 Å². The molecule has 2 atom stereocenters. The van der Waals surface area contributed by atoms with Gasteiger partial charge < -0.3 is 15.0 Å². The summed E-state index contributed by atoms with van der Waals surface area (Å²) >= 11 is 0. The van der Waals surface area contributed by atoms with Crippen LogP contribution in [0.15, 0.2) is 30.3 Å². The van der Waals surface area contributed by atoms with Gasteiger partial charge >= 0.3 is 6.09 Å². The maximum atomic E-state index is 12.2. The van der Waals surface area contributed by atoms with E-state index in [1.165, 1.54) is 0 Å². The molecule has 1 aromatic rings. The average Bonchev–Trinajstić information content (AvgIpc) is 2.48. The predicted molar refractivity (Wildman–Crippen MR) is 82.1 cm³/mol. The molecule has 114 valence electrons. The third-order valence-corrected chi connectivity index (χ3v) is 3.38.